The molecule has 0 amide bonds. The molecule has 1 atom stereocenters. The van der Waals surface area contributed by atoms with Crippen molar-refractivity contribution in [1.82, 2.24) is 9.47 Å². The van der Waals surface area contributed by atoms with E-state index in [0.29, 0.717) is 12.5 Å². The van der Waals surface area contributed by atoms with Crippen LogP contribution in [0.5, 0.6) is 0 Å². The number of fused-ring (bicyclic) bond motifs is 3. The van der Waals surface area contributed by atoms with E-state index in [1.165, 1.54) is 23.1 Å². The largest absolute Gasteiger partial charge is 0.295 e. The molecular weight excluding hydrogens is 260 g/mol. The summed E-state index contributed by atoms with van der Waals surface area (Å²) in [6.45, 7) is 4.51. The molecule has 0 radical (unpaired) electrons. The molecule has 0 aliphatic carbocycles. The quantitative estimate of drug-likeness (QED) is 0.837. The minimum absolute atomic E-state index is 0.285. The smallest absolute Gasteiger partial charge is 0.231 e. The SMILES string of the molecule is CCCN1CCc2c3n(c4ccccc24)C(=O)CCCC31. The van der Waals surface area contributed by atoms with Gasteiger partial charge >= 0.3 is 0 Å². The van der Waals surface area contributed by atoms with Crippen molar-refractivity contribution in [3.05, 3.63) is 35.5 Å². The van der Waals surface area contributed by atoms with Crippen LogP contribution in [0, 0.1) is 0 Å². The van der Waals surface area contributed by atoms with Gasteiger partial charge in [-0.25, -0.2) is 0 Å². The van der Waals surface area contributed by atoms with Gasteiger partial charge in [-0.1, -0.05) is 25.1 Å². The fraction of sp³-hybridized carbons (Fsp3) is 0.500. The van der Waals surface area contributed by atoms with Crippen molar-refractivity contribution in [2.24, 2.45) is 0 Å². The number of hydrogen-bond acceptors (Lipinski definition) is 2. The molecule has 2 aliphatic heterocycles. The summed E-state index contributed by atoms with van der Waals surface area (Å²) in [6.07, 6.45) is 5.07. The van der Waals surface area contributed by atoms with Crippen molar-refractivity contribution < 1.29 is 4.79 Å². The summed E-state index contributed by atoms with van der Waals surface area (Å²) in [5, 5.41) is 1.30. The third-order valence-corrected chi connectivity index (χ3v) is 5.05. The molecule has 0 spiro atoms. The monoisotopic (exact) mass is 282 g/mol. The summed E-state index contributed by atoms with van der Waals surface area (Å²) in [7, 11) is 0. The lowest BCUT2D eigenvalue weighted by Gasteiger charge is -2.35. The molecule has 0 bridgehead atoms. The van der Waals surface area contributed by atoms with Crippen molar-refractivity contribution in [1.29, 1.82) is 0 Å². The molecule has 4 rings (SSSR count). The van der Waals surface area contributed by atoms with E-state index < -0.39 is 0 Å². The van der Waals surface area contributed by atoms with Gasteiger partial charge in [0.05, 0.1) is 11.6 Å². The molecule has 1 aromatic carbocycles. The number of benzene rings is 1. The average Bonchev–Trinajstić information content (AvgIpc) is 2.73. The number of rotatable bonds is 2. The van der Waals surface area contributed by atoms with Gasteiger partial charge in [-0.05, 0) is 43.9 Å². The third-order valence-electron chi connectivity index (χ3n) is 5.05. The van der Waals surface area contributed by atoms with Gasteiger partial charge < -0.3 is 0 Å². The molecule has 0 saturated carbocycles. The Morgan fingerprint density at radius 1 is 1.24 bits per heavy atom. The molecule has 2 aromatic rings. The fourth-order valence-corrected chi connectivity index (χ4v) is 4.22. The molecule has 0 fully saturated rings. The lowest BCUT2D eigenvalue weighted by molar-refractivity contribution is 0.0906. The van der Waals surface area contributed by atoms with Crippen LogP contribution in [-0.4, -0.2) is 28.5 Å². The van der Waals surface area contributed by atoms with Crippen molar-refractivity contribution in [3.63, 3.8) is 0 Å². The van der Waals surface area contributed by atoms with Crippen LogP contribution in [0.4, 0.5) is 0 Å². The Bertz CT molecular complexity index is 701. The van der Waals surface area contributed by atoms with Gasteiger partial charge in [0.25, 0.3) is 0 Å². The first kappa shape index (κ1) is 13.1. The first-order valence-corrected chi connectivity index (χ1v) is 8.20. The minimum Gasteiger partial charge on any atom is -0.295 e. The van der Waals surface area contributed by atoms with Gasteiger partial charge in [0.1, 0.15) is 0 Å². The van der Waals surface area contributed by atoms with Crippen LogP contribution >= 0.6 is 0 Å². The Hall–Kier alpha value is -1.61. The van der Waals surface area contributed by atoms with Crippen LogP contribution in [0.1, 0.15) is 54.7 Å². The molecule has 3 heteroatoms. The lowest BCUT2D eigenvalue weighted by atomic mass is 9.94. The summed E-state index contributed by atoms with van der Waals surface area (Å²) in [6, 6.07) is 8.88. The Labute approximate surface area is 125 Å². The van der Waals surface area contributed by atoms with Crippen molar-refractivity contribution in [3.8, 4) is 0 Å². The maximum atomic E-state index is 12.6. The predicted molar refractivity (Wildman–Crippen MR) is 84.7 cm³/mol. The Balaban J connectivity index is 1.98. The third kappa shape index (κ3) is 1.87. The first-order valence-electron chi connectivity index (χ1n) is 8.20. The van der Waals surface area contributed by atoms with E-state index in [-0.39, 0.29) is 5.91 Å². The Morgan fingerprint density at radius 2 is 2.10 bits per heavy atom. The number of carbonyl (C=O) groups is 1. The Morgan fingerprint density at radius 3 is 2.95 bits per heavy atom. The summed E-state index contributed by atoms with van der Waals surface area (Å²) >= 11 is 0. The van der Waals surface area contributed by atoms with E-state index in [1.807, 2.05) is 10.6 Å². The zero-order chi connectivity index (χ0) is 14.4. The molecule has 3 heterocycles. The summed E-state index contributed by atoms with van der Waals surface area (Å²) in [4.78, 5) is 15.2. The molecule has 1 aromatic heterocycles. The summed E-state index contributed by atoms with van der Waals surface area (Å²) in [5.74, 6) is 0.285. The van der Waals surface area contributed by atoms with E-state index >= 15 is 0 Å². The van der Waals surface area contributed by atoms with Gasteiger partial charge in [-0.3, -0.25) is 14.3 Å². The molecule has 2 aliphatic rings. The second-order valence-electron chi connectivity index (χ2n) is 6.30. The molecule has 3 nitrogen and oxygen atoms in total. The number of aromatic nitrogens is 1. The highest BCUT2D eigenvalue weighted by molar-refractivity contribution is 5.96. The highest BCUT2D eigenvalue weighted by atomic mass is 16.2. The zero-order valence-corrected chi connectivity index (χ0v) is 12.6. The molecule has 0 saturated heterocycles. The molecule has 0 N–H and O–H groups in total. The zero-order valence-electron chi connectivity index (χ0n) is 12.6. The number of nitrogens with zero attached hydrogens (tertiary/aromatic N) is 2. The second kappa shape index (κ2) is 4.99. The fourth-order valence-electron chi connectivity index (χ4n) is 4.22. The summed E-state index contributed by atoms with van der Waals surface area (Å²) < 4.78 is 2.05. The highest BCUT2D eigenvalue weighted by Crippen LogP contribution is 2.41. The van der Waals surface area contributed by atoms with Gasteiger partial charge in [-0.2, -0.15) is 0 Å². The van der Waals surface area contributed by atoms with Gasteiger partial charge in [0.2, 0.25) is 5.91 Å². The predicted octanol–water partition coefficient (Wildman–Crippen LogP) is 3.77. The van der Waals surface area contributed by atoms with Gasteiger partial charge in [0, 0.05) is 24.0 Å². The number of hydrogen-bond donors (Lipinski definition) is 0. The van der Waals surface area contributed by atoms with Crippen LogP contribution in [-0.2, 0) is 6.42 Å². The van der Waals surface area contributed by atoms with E-state index in [9.17, 15) is 4.79 Å². The standard InChI is InChI=1S/C18H22N2O/c1-2-11-19-12-10-14-13-6-3-4-7-15(13)20-17(21)9-5-8-16(19)18(14)20/h3-4,6-7,16H,2,5,8-12H2,1H3. The topological polar surface area (TPSA) is 25.2 Å². The van der Waals surface area contributed by atoms with Crippen LogP contribution in [0.2, 0.25) is 0 Å². The Kier molecular flexibility index (Phi) is 3.11. The summed E-state index contributed by atoms with van der Waals surface area (Å²) in [5.41, 5.74) is 3.86. The number of para-hydroxylation sites is 1. The maximum absolute atomic E-state index is 12.6. The van der Waals surface area contributed by atoms with Crippen LogP contribution in [0.3, 0.4) is 0 Å². The van der Waals surface area contributed by atoms with E-state index in [4.69, 9.17) is 0 Å². The highest BCUT2D eigenvalue weighted by Gasteiger charge is 2.35. The van der Waals surface area contributed by atoms with Gasteiger partial charge in [0.15, 0.2) is 0 Å². The molecule has 21 heavy (non-hydrogen) atoms. The lowest BCUT2D eigenvalue weighted by Crippen LogP contribution is -2.36. The van der Waals surface area contributed by atoms with E-state index in [1.54, 1.807) is 0 Å². The molecule has 1 unspecified atom stereocenters. The average molecular weight is 282 g/mol. The van der Waals surface area contributed by atoms with E-state index in [0.717, 1.165) is 37.9 Å². The van der Waals surface area contributed by atoms with Crippen molar-refractivity contribution in [2.45, 2.75) is 45.1 Å². The first-order chi connectivity index (χ1) is 10.3. The van der Waals surface area contributed by atoms with Crippen molar-refractivity contribution in [2.75, 3.05) is 13.1 Å². The van der Waals surface area contributed by atoms with E-state index in [2.05, 4.69) is 30.0 Å². The van der Waals surface area contributed by atoms with Gasteiger partial charge in [-0.15, -0.1) is 0 Å². The second-order valence-corrected chi connectivity index (χ2v) is 6.30. The van der Waals surface area contributed by atoms with Crippen LogP contribution in [0.25, 0.3) is 10.9 Å². The minimum atomic E-state index is 0.285. The normalized spacial score (nSPS) is 22.3. The van der Waals surface area contributed by atoms with Crippen molar-refractivity contribution >= 4 is 16.8 Å². The molecular formula is C18H22N2O. The number of carbonyl (C=O) groups excluding carboxylic acids is 1. The van der Waals surface area contributed by atoms with Crippen LogP contribution in [0.15, 0.2) is 24.3 Å². The van der Waals surface area contributed by atoms with Crippen LogP contribution < -0.4 is 0 Å². The molecule has 110 valence electrons. The maximum Gasteiger partial charge on any atom is 0.231 e.